The summed E-state index contributed by atoms with van der Waals surface area (Å²) < 4.78 is 0. The molecule has 0 heterocycles. The van der Waals surface area contributed by atoms with Gasteiger partial charge < -0.3 is 4.90 Å². The summed E-state index contributed by atoms with van der Waals surface area (Å²) in [6, 6.07) is 7.75. The predicted octanol–water partition coefficient (Wildman–Crippen LogP) is 2.44. The van der Waals surface area contributed by atoms with Crippen LogP contribution in [0.3, 0.4) is 0 Å². The van der Waals surface area contributed by atoms with Crippen molar-refractivity contribution in [3.8, 4) is 0 Å². The molecule has 0 unspecified atom stereocenters. The fraction of sp³-hybridized carbons (Fsp3) is 0.429. The number of carbonyl (C=O) groups excluding carboxylic acids is 2. The summed E-state index contributed by atoms with van der Waals surface area (Å²) in [6.07, 6.45) is 1.02. The van der Waals surface area contributed by atoms with Crippen LogP contribution in [-0.4, -0.2) is 18.7 Å². The van der Waals surface area contributed by atoms with Crippen LogP contribution in [0.2, 0.25) is 0 Å². The molecule has 1 aromatic rings. The van der Waals surface area contributed by atoms with Crippen LogP contribution in [0.25, 0.3) is 0 Å². The Bertz CT molecular complexity index is 407. The molecule has 0 fully saturated rings. The molecule has 0 aromatic heterocycles. The molecule has 0 radical (unpaired) electrons. The first-order chi connectivity index (χ1) is 7.91. The van der Waals surface area contributed by atoms with Crippen LogP contribution in [0, 0.1) is 5.92 Å². The first-order valence-corrected chi connectivity index (χ1v) is 5.79. The van der Waals surface area contributed by atoms with Gasteiger partial charge in [-0.15, -0.1) is 0 Å². The molecule has 3 heteroatoms. The van der Waals surface area contributed by atoms with Crippen molar-refractivity contribution in [1.29, 1.82) is 0 Å². The lowest BCUT2D eigenvalue weighted by atomic mass is 10.0. The monoisotopic (exact) mass is 233 g/mol. The second kappa shape index (κ2) is 5.62. The minimum absolute atomic E-state index is 0.446. The van der Waals surface area contributed by atoms with E-state index in [1.54, 1.807) is 7.05 Å². The molecule has 0 aliphatic heterocycles. The van der Waals surface area contributed by atoms with Crippen molar-refractivity contribution in [2.24, 2.45) is 5.92 Å². The molecule has 0 spiro atoms. The van der Waals surface area contributed by atoms with Gasteiger partial charge in [-0.25, -0.2) is 0 Å². The van der Waals surface area contributed by atoms with Gasteiger partial charge in [0.25, 0.3) is 5.91 Å². The highest BCUT2D eigenvalue weighted by Crippen LogP contribution is 2.16. The van der Waals surface area contributed by atoms with Gasteiger partial charge in [-0.3, -0.25) is 9.59 Å². The first-order valence-electron chi connectivity index (χ1n) is 5.79. The van der Waals surface area contributed by atoms with Crippen molar-refractivity contribution < 1.29 is 9.59 Å². The Labute approximate surface area is 102 Å². The normalized spacial score (nSPS) is 10.4. The molecule has 0 N–H and O–H groups in total. The van der Waals surface area contributed by atoms with Crippen molar-refractivity contribution in [1.82, 2.24) is 0 Å². The topological polar surface area (TPSA) is 37.4 Å². The number of hydrogen-bond acceptors (Lipinski definition) is 2. The number of nitrogens with zero attached hydrogens (tertiary/aromatic N) is 1. The van der Waals surface area contributed by atoms with Gasteiger partial charge in [-0.2, -0.15) is 0 Å². The van der Waals surface area contributed by atoms with Crippen molar-refractivity contribution in [3.63, 3.8) is 0 Å². The van der Waals surface area contributed by atoms with Crippen molar-refractivity contribution in [2.45, 2.75) is 27.2 Å². The first kappa shape index (κ1) is 13.4. The summed E-state index contributed by atoms with van der Waals surface area (Å²) in [5.41, 5.74) is 1.99. The molecular weight excluding hydrogens is 214 g/mol. The number of anilines is 1. The summed E-state index contributed by atoms with van der Waals surface area (Å²) in [5.74, 6) is -0.321. The minimum atomic E-state index is -0.485. The summed E-state index contributed by atoms with van der Waals surface area (Å²) in [6.45, 7) is 5.62. The van der Waals surface area contributed by atoms with E-state index in [-0.39, 0.29) is 0 Å². The quantitative estimate of drug-likeness (QED) is 0.749. The summed E-state index contributed by atoms with van der Waals surface area (Å²) in [5, 5.41) is 0. The number of benzene rings is 1. The molecule has 0 bridgehead atoms. The van der Waals surface area contributed by atoms with Crippen LogP contribution in [-0.2, 0) is 16.0 Å². The highest BCUT2D eigenvalue weighted by Gasteiger charge is 2.15. The smallest absolute Gasteiger partial charge is 0.293 e. The molecule has 0 atom stereocenters. The fourth-order valence-electron chi connectivity index (χ4n) is 1.68. The van der Waals surface area contributed by atoms with E-state index in [4.69, 9.17) is 0 Å². The molecule has 0 aliphatic carbocycles. The van der Waals surface area contributed by atoms with E-state index in [1.807, 2.05) is 24.3 Å². The Morgan fingerprint density at radius 1 is 1.18 bits per heavy atom. The van der Waals surface area contributed by atoms with Crippen LogP contribution in [0.1, 0.15) is 26.3 Å². The molecule has 0 aliphatic rings. The van der Waals surface area contributed by atoms with Crippen molar-refractivity contribution in [3.05, 3.63) is 29.8 Å². The van der Waals surface area contributed by atoms with E-state index in [0.717, 1.165) is 12.1 Å². The Balaban J connectivity index is 2.80. The van der Waals surface area contributed by atoms with Crippen LogP contribution >= 0.6 is 0 Å². The fourth-order valence-corrected chi connectivity index (χ4v) is 1.68. The van der Waals surface area contributed by atoms with Gasteiger partial charge in [0.15, 0.2) is 0 Å². The van der Waals surface area contributed by atoms with Gasteiger partial charge in [-0.05, 0) is 30.0 Å². The Morgan fingerprint density at radius 3 is 2.12 bits per heavy atom. The van der Waals surface area contributed by atoms with Gasteiger partial charge in [0.2, 0.25) is 5.78 Å². The summed E-state index contributed by atoms with van der Waals surface area (Å²) in [4.78, 5) is 23.8. The van der Waals surface area contributed by atoms with Crippen LogP contribution < -0.4 is 4.90 Å². The van der Waals surface area contributed by atoms with E-state index in [9.17, 15) is 9.59 Å². The number of likely N-dealkylation sites (N-methyl/N-ethyl adjacent to an activating group) is 1. The molecule has 0 saturated carbocycles. The number of hydrogen-bond donors (Lipinski definition) is 0. The number of ketones is 1. The summed E-state index contributed by atoms with van der Waals surface area (Å²) in [7, 11) is 1.61. The van der Waals surface area contributed by atoms with Gasteiger partial charge in [0, 0.05) is 19.7 Å². The highest BCUT2D eigenvalue weighted by molar-refractivity contribution is 6.40. The number of carbonyl (C=O) groups is 2. The average Bonchev–Trinajstić information content (AvgIpc) is 2.27. The molecular formula is C14H19NO2. The predicted molar refractivity (Wildman–Crippen MR) is 69.1 cm³/mol. The Morgan fingerprint density at radius 2 is 1.71 bits per heavy atom. The lowest BCUT2D eigenvalue weighted by molar-refractivity contribution is -0.134. The summed E-state index contributed by atoms with van der Waals surface area (Å²) >= 11 is 0. The van der Waals surface area contributed by atoms with Crippen LogP contribution in [0.15, 0.2) is 24.3 Å². The van der Waals surface area contributed by atoms with Gasteiger partial charge in [-0.1, -0.05) is 26.0 Å². The number of amides is 1. The van der Waals surface area contributed by atoms with Crippen molar-refractivity contribution >= 4 is 17.4 Å². The second-order valence-electron chi connectivity index (χ2n) is 4.68. The Hall–Kier alpha value is -1.64. The molecule has 17 heavy (non-hydrogen) atoms. The molecule has 0 saturated heterocycles. The maximum absolute atomic E-state index is 11.5. The largest absolute Gasteiger partial charge is 0.309 e. The van der Waals surface area contributed by atoms with E-state index < -0.39 is 11.7 Å². The zero-order chi connectivity index (χ0) is 13.0. The van der Waals surface area contributed by atoms with Gasteiger partial charge >= 0.3 is 0 Å². The van der Waals surface area contributed by atoms with Crippen LogP contribution in [0.5, 0.6) is 0 Å². The molecule has 1 aromatic carbocycles. The third-order valence-electron chi connectivity index (χ3n) is 2.57. The molecule has 1 rings (SSSR count). The zero-order valence-corrected chi connectivity index (χ0v) is 10.9. The van der Waals surface area contributed by atoms with Gasteiger partial charge in [0.1, 0.15) is 0 Å². The molecule has 92 valence electrons. The number of Topliss-reactive ketones (excluding diaryl/α,β-unsaturated/α-hetero) is 1. The lowest BCUT2D eigenvalue weighted by Gasteiger charge is -2.16. The van der Waals surface area contributed by atoms with E-state index in [1.165, 1.54) is 17.4 Å². The lowest BCUT2D eigenvalue weighted by Crippen LogP contribution is -2.31. The maximum atomic E-state index is 11.5. The van der Waals surface area contributed by atoms with Crippen molar-refractivity contribution in [2.75, 3.05) is 11.9 Å². The standard InChI is InChI=1S/C14H19NO2/c1-10(2)9-12-5-7-13(8-6-12)15(4)14(17)11(3)16/h5-8,10H,9H2,1-4H3. The maximum Gasteiger partial charge on any atom is 0.293 e. The average molecular weight is 233 g/mol. The van der Waals surface area contributed by atoms with E-state index in [2.05, 4.69) is 13.8 Å². The van der Waals surface area contributed by atoms with E-state index in [0.29, 0.717) is 5.92 Å². The van der Waals surface area contributed by atoms with Crippen LogP contribution in [0.4, 0.5) is 5.69 Å². The highest BCUT2D eigenvalue weighted by atomic mass is 16.2. The molecule has 1 amide bonds. The number of rotatable bonds is 4. The zero-order valence-electron chi connectivity index (χ0n) is 10.9. The second-order valence-corrected chi connectivity index (χ2v) is 4.68. The van der Waals surface area contributed by atoms with Gasteiger partial charge in [0.05, 0.1) is 0 Å². The third-order valence-corrected chi connectivity index (χ3v) is 2.57. The third kappa shape index (κ3) is 3.70. The Kier molecular flexibility index (Phi) is 4.44. The van der Waals surface area contributed by atoms with E-state index >= 15 is 0 Å². The SMILES string of the molecule is CC(=O)C(=O)N(C)c1ccc(CC(C)C)cc1. The minimum Gasteiger partial charge on any atom is -0.309 e. The molecule has 3 nitrogen and oxygen atoms in total.